The molecule has 0 radical (unpaired) electrons. The minimum Gasteiger partial charge on any atom is -0.378 e. The van der Waals surface area contributed by atoms with Crippen molar-refractivity contribution in [2.75, 3.05) is 19.7 Å². The summed E-state index contributed by atoms with van der Waals surface area (Å²) in [6.45, 7) is 6.83. The minimum atomic E-state index is 0.0600. The summed E-state index contributed by atoms with van der Waals surface area (Å²) in [7, 11) is 0. The number of hydrogen-bond acceptors (Lipinski definition) is 3. The van der Waals surface area contributed by atoms with Gasteiger partial charge in [-0.2, -0.15) is 0 Å². The molecule has 1 N–H and O–H groups in total. The van der Waals surface area contributed by atoms with Gasteiger partial charge in [0, 0.05) is 19.2 Å². The number of nitrogens with one attached hydrogen (secondary N) is 1. The lowest BCUT2D eigenvalue weighted by molar-refractivity contribution is -0.144. The number of ether oxygens (including phenoxy) is 1. The summed E-state index contributed by atoms with van der Waals surface area (Å²) < 4.78 is 5.57. The van der Waals surface area contributed by atoms with Crippen molar-refractivity contribution in [2.24, 2.45) is 0 Å². The maximum Gasteiger partial charge on any atom is 0.239 e. The SMILES string of the molecule is CCCNC1CCCN(C2CC(OCC)C2)C1=O. The van der Waals surface area contributed by atoms with Crippen molar-refractivity contribution in [1.29, 1.82) is 0 Å². The monoisotopic (exact) mass is 254 g/mol. The van der Waals surface area contributed by atoms with Crippen molar-refractivity contribution in [3.8, 4) is 0 Å². The van der Waals surface area contributed by atoms with Crippen LogP contribution in [-0.4, -0.2) is 48.7 Å². The van der Waals surface area contributed by atoms with E-state index in [1.807, 2.05) is 6.92 Å². The van der Waals surface area contributed by atoms with Gasteiger partial charge in [-0.15, -0.1) is 0 Å². The number of rotatable bonds is 6. The highest BCUT2D eigenvalue weighted by molar-refractivity contribution is 5.83. The number of hydrogen-bond donors (Lipinski definition) is 1. The topological polar surface area (TPSA) is 41.6 Å². The van der Waals surface area contributed by atoms with Crippen molar-refractivity contribution in [3.05, 3.63) is 0 Å². The lowest BCUT2D eigenvalue weighted by atomic mass is 9.86. The Hall–Kier alpha value is -0.610. The van der Waals surface area contributed by atoms with Gasteiger partial charge in [-0.25, -0.2) is 0 Å². The van der Waals surface area contributed by atoms with Crippen LogP contribution in [0.3, 0.4) is 0 Å². The fraction of sp³-hybridized carbons (Fsp3) is 0.929. The third kappa shape index (κ3) is 3.04. The Kier molecular flexibility index (Phi) is 5.01. The average Bonchev–Trinajstić information content (AvgIpc) is 2.33. The highest BCUT2D eigenvalue weighted by Crippen LogP contribution is 2.30. The van der Waals surface area contributed by atoms with Gasteiger partial charge in [0.05, 0.1) is 12.1 Å². The number of piperidine rings is 1. The maximum absolute atomic E-state index is 12.4. The van der Waals surface area contributed by atoms with Crippen molar-refractivity contribution >= 4 is 5.91 Å². The molecule has 1 aliphatic carbocycles. The van der Waals surface area contributed by atoms with Gasteiger partial charge in [-0.3, -0.25) is 4.79 Å². The van der Waals surface area contributed by atoms with Gasteiger partial charge in [-0.1, -0.05) is 6.92 Å². The van der Waals surface area contributed by atoms with Gasteiger partial charge < -0.3 is 15.0 Å². The van der Waals surface area contributed by atoms with Gasteiger partial charge in [0.2, 0.25) is 5.91 Å². The lowest BCUT2D eigenvalue weighted by Crippen LogP contribution is -2.58. The Balaban J connectivity index is 1.80. The number of amides is 1. The zero-order valence-electron chi connectivity index (χ0n) is 11.7. The van der Waals surface area contributed by atoms with E-state index in [4.69, 9.17) is 4.74 Å². The van der Waals surface area contributed by atoms with Gasteiger partial charge in [0.25, 0.3) is 0 Å². The predicted octanol–water partition coefficient (Wildman–Crippen LogP) is 1.54. The molecule has 104 valence electrons. The summed E-state index contributed by atoms with van der Waals surface area (Å²) >= 11 is 0. The molecule has 0 spiro atoms. The molecule has 1 saturated carbocycles. The fourth-order valence-electron chi connectivity index (χ4n) is 2.93. The van der Waals surface area contributed by atoms with E-state index in [9.17, 15) is 4.79 Å². The van der Waals surface area contributed by atoms with E-state index < -0.39 is 0 Å². The molecule has 1 heterocycles. The largest absolute Gasteiger partial charge is 0.378 e. The number of carbonyl (C=O) groups is 1. The molecule has 0 aromatic heterocycles. The van der Waals surface area contributed by atoms with E-state index in [0.29, 0.717) is 18.1 Å². The molecule has 1 unspecified atom stereocenters. The molecule has 4 heteroatoms. The molecule has 0 aromatic carbocycles. The molecule has 2 fully saturated rings. The highest BCUT2D eigenvalue weighted by Gasteiger charge is 2.39. The first-order chi connectivity index (χ1) is 8.76. The number of carbonyl (C=O) groups excluding carboxylic acids is 1. The number of likely N-dealkylation sites (tertiary alicyclic amines) is 1. The first-order valence-corrected chi connectivity index (χ1v) is 7.41. The smallest absolute Gasteiger partial charge is 0.239 e. The van der Waals surface area contributed by atoms with Crippen LogP contribution in [0, 0.1) is 0 Å². The van der Waals surface area contributed by atoms with Crippen molar-refractivity contribution in [3.63, 3.8) is 0 Å². The predicted molar refractivity (Wildman–Crippen MR) is 71.5 cm³/mol. The first kappa shape index (κ1) is 13.8. The van der Waals surface area contributed by atoms with E-state index in [1.165, 1.54) is 0 Å². The Morgan fingerprint density at radius 3 is 2.83 bits per heavy atom. The van der Waals surface area contributed by atoms with Crippen LogP contribution in [0.2, 0.25) is 0 Å². The molecule has 1 saturated heterocycles. The maximum atomic E-state index is 12.4. The van der Waals surface area contributed by atoms with Crippen molar-refractivity contribution < 1.29 is 9.53 Å². The lowest BCUT2D eigenvalue weighted by Gasteiger charge is -2.45. The molecule has 1 amide bonds. The van der Waals surface area contributed by atoms with Crippen LogP contribution in [0.5, 0.6) is 0 Å². The standard InChI is InChI=1S/C14H26N2O2/c1-3-7-15-13-6-5-8-16(14(13)17)11-9-12(10-11)18-4-2/h11-13,15H,3-10H2,1-2H3. The minimum absolute atomic E-state index is 0.0600. The molecule has 4 nitrogen and oxygen atoms in total. The quantitative estimate of drug-likeness (QED) is 0.782. The van der Waals surface area contributed by atoms with Crippen LogP contribution in [0.15, 0.2) is 0 Å². The van der Waals surface area contributed by atoms with Gasteiger partial charge in [0.1, 0.15) is 0 Å². The second-order valence-corrected chi connectivity index (χ2v) is 5.38. The van der Waals surface area contributed by atoms with E-state index in [1.54, 1.807) is 0 Å². The Bertz CT molecular complexity index is 277. The van der Waals surface area contributed by atoms with Crippen LogP contribution in [-0.2, 0) is 9.53 Å². The van der Waals surface area contributed by atoms with Gasteiger partial charge >= 0.3 is 0 Å². The molecule has 2 aliphatic rings. The third-order valence-corrected chi connectivity index (χ3v) is 4.03. The van der Waals surface area contributed by atoms with Crippen LogP contribution >= 0.6 is 0 Å². The van der Waals surface area contributed by atoms with Crippen LogP contribution < -0.4 is 5.32 Å². The van der Waals surface area contributed by atoms with E-state index in [2.05, 4.69) is 17.1 Å². The fourth-order valence-corrected chi connectivity index (χ4v) is 2.93. The Labute approximate surface area is 110 Å². The average molecular weight is 254 g/mol. The molecular formula is C14H26N2O2. The second kappa shape index (κ2) is 6.53. The second-order valence-electron chi connectivity index (χ2n) is 5.38. The van der Waals surface area contributed by atoms with Gasteiger partial charge in [0.15, 0.2) is 0 Å². The zero-order chi connectivity index (χ0) is 13.0. The Morgan fingerprint density at radius 1 is 1.39 bits per heavy atom. The zero-order valence-corrected chi connectivity index (χ0v) is 11.7. The van der Waals surface area contributed by atoms with E-state index in [-0.39, 0.29) is 6.04 Å². The van der Waals surface area contributed by atoms with E-state index >= 15 is 0 Å². The normalized spacial score (nSPS) is 32.4. The third-order valence-electron chi connectivity index (χ3n) is 4.03. The Morgan fingerprint density at radius 2 is 2.17 bits per heavy atom. The van der Waals surface area contributed by atoms with Crippen LogP contribution in [0.25, 0.3) is 0 Å². The summed E-state index contributed by atoms with van der Waals surface area (Å²) in [6.07, 6.45) is 5.65. The summed E-state index contributed by atoms with van der Waals surface area (Å²) in [4.78, 5) is 14.4. The molecule has 0 bridgehead atoms. The molecule has 1 atom stereocenters. The summed E-state index contributed by atoms with van der Waals surface area (Å²) in [5, 5.41) is 3.37. The first-order valence-electron chi connectivity index (χ1n) is 7.41. The molecule has 1 aliphatic heterocycles. The molecule has 18 heavy (non-hydrogen) atoms. The van der Waals surface area contributed by atoms with Crippen molar-refractivity contribution in [2.45, 2.75) is 64.1 Å². The summed E-state index contributed by atoms with van der Waals surface area (Å²) in [6, 6.07) is 0.491. The summed E-state index contributed by atoms with van der Waals surface area (Å²) in [5.74, 6) is 0.314. The van der Waals surface area contributed by atoms with Gasteiger partial charge in [-0.05, 0) is 45.6 Å². The van der Waals surface area contributed by atoms with E-state index in [0.717, 1.165) is 51.8 Å². The number of nitrogens with zero attached hydrogens (tertiary/aromatic N) is 1. The molecular weight excluding hydrogens is 228 g/mol. The molecule has 0 aromatic rings. The van der Waals surface area contributed by atoms with Crippen LogP contribution in [0.4, 0.5) is 0 Å². The molecule has 2 rings (SSSR count). The highest BCUT2D eigenvalue weighted by atomic mass is 16.5. The summed E-state index contributed by atoms with van der Waals surface area (Å²) in [5.41, 5.74) is 0. The van der Waals surface area contributed by atoms with Crippen LogP contribution in [0.1, 0.15) is 46.0 Å². The van der Waals surface area contributed by atoms with Crippen molar-refractivity contribution in [1.82, 2.24) is 10.2 Å².